The minimum atomic E-state index is -1.27. The van der Waals surface area contributed by atoms with Crippen molar-refractivity contribution in [3.8, 4) is 12.3 Å². The maximum Gasteiger partial charge on any atom is 0.310 e. The first kappa shape index (κ1) is 18.0. The zero-order chi connectivity index (χ0) is 14.0. The molecule has 0 aromatic heterocycles. The first-order valence-corrected chi connectivity index (χ1v) is 4.95. The van der Waals surface area contributed by atoms with Crippen LogP contribution in [0.4, 0.5) is 0 Å². The van der Waals surface area contributed by atoms with Crippen molar-refractivity contribution in [1.29, 1.82) is 0 Å². The number of rotatable bonds is 3. The van der Waals surface area contributed by atoms with Gasteiger partial charge in [-0.25, -0.2) is 0 Å². The fraction of sp³-hybridized carbons (Fsp3) is 0.636. The molecule has 0 unspecified atom stereocenters. The van der Waals surface area contributed by atoms with Crippen LogP contribution in [0.5, 0.6) is 0 Å². The molecule has 0 saturated heterocycles. The molecule has 0 aromatic rings. The molecule has 3 N–H and O–H groups in total. The molecule has 3 atom stereocenters. The Balaban J connectivity index is 0. The van der Waals surface area contributed by atoms with Crippen molar-refractivity contribution in [2.24, 2.45) is 0 Å². The number of aliphatic hydroxyl groups excluding tert-OH is 3. The van der Waals surface area contributed by atoms with Crippen LogP contribution in [0, 0.1) is 12.3 Å². The number of carbonyl (C=O) groups is 2. The fourth-order valence-electron chi connectivity index (χ4n) is 0.753. The summed E-state index contributed by atoms with van der Waals surface area (Å²) in [5.41, 5.74) is 0. The van der Waals surface area contributed by atoms with Gasteiger partial charge in [0.15, 0.2) is 0 Å². The molecule has 0 fully saturated rings. The lowest BCUT2D eigenvalue weighted by Crippen LogP contribution is -2.35. The molecule has 0 aliphatic heterocycles. The lowest BCUT2D eigenvalue weighted by Gasteiger charge is -2.17. The van der Waals surface area contributed by atoms with Gasteiger partial charge >= 0.3 is 11.9 Å². The molecule has 0 aromatic carbocycles. The third-order valence-electron chi connectivity index (χ3n) is 1.59. The molecule has 0 radical (unpaired) electrons. The summed E-state index contributed by atoms with van der Waals surface area (Å²) in [6, 6.07) is 0. The molecule has 6 heteroatoms. The predicted octanol–water partition coefficient (Wildman–Crippen LogP) is -0.792. The van der Waals surface area contributed by atoms with E-state index in [0.717, 1.165) is 0 Å². The van der Waals surface area contributed by atoms with Gasteiger partial charge in [0.1, 0.15) is 12.2 Å². The van der Waals surface area contributed by atoms with E-state index < -0.39 is 30.3 Å². The van der Waals surface area contributed by atoms with Crippen LogP contribution in [-0.2, 0) is 14.3 Å². The Morgan fingerprint density at radius 2 is 1.65 bits per heavy atom. The average molecular weight is 246 g/mol. The van der Waals surface area contributed by atoms with Crippen LogP contribution in [0.15, 0.2) is 0 Å². The normalized spacial score (nSPS) is 14.4. The van der Waals surface area contributed by atoms with Crippen molar-refractivity contribution in [3.05, 3.63) is 0 Å². The van der Waals surface area contributed by atoms with Crippen molar-refractivity contribution < 1.29 is 29.6 Å². The molecule has 6 nitrogen and oxygen atoms in total. The third kappa shape index (κ3) is 10.9. The Morgan fingerprint density at radius 3 is 1.82 bits per heavy atom. The molecule has 0 rings (SSSR count). The van der Waals surface area contributed by atoms with Crippen molar-refractivity contribution in [3.63, 3.8) is 0 Å². The SMILES string of the molecule is C#C[C@H](O)[C@H](O)[C@H](O)CC.CC(=O)OC(C)=O. The summed E-state index contributed by atoms with van der Waals surface area (Å²) < 4.78 is 3.97. The monoisotopic (exact) mass is 246 g/mol. The summed E-state index contributed by atoms with van der Waals surface area (Å²) in [5, 5.41) is 26.6. The summed E-state index contributed by atoms with van der Waals surface area (Å²) in [5.74, 6) is 0.800. The Kier molecular flexibility index (Phi) is 10.3. The molecule has 0 heterocycles. The minimum Gasteiger partial charge on any atom is -0.394 e. The van der Waals surface area contributed by atoms with Gasteiger partial charge in [0.25, 0.3) is 0 Å². The van der Waals surface area contributed by atoms with Crippen LogP contribution in [0.1, 0.15) is 27.2 Å². The molecule has 0 saturated carbocycles. The highest BCUT2D eigenvalue weighted by molar-refractivity contribution is 5.82. The van der Waals surface area contributed by atoms with Crippen LogP contribution >= 0.6 is 0 Å². The number of aliphatic hydroxyl groups is 3. The average Bonchev–Trinajstić information content (AvgIpc) is 2.24. The zero-order valence-corrected chi connectivity index (χ0v) is 10.1. The van der Waals surface area contributed by atoms with Gasteiger partial charge in [-0.3, -0.25) is 9.59 Å². The van der Waals surface area contributed by atoms with Gasteiger partial charge in [-0.05, 0) is 6.42 Å². The molecular weight excluding hydrogens is 228 g/mol. The summed E-state index contributed by atoms with van der Waals surface area (Å²) in [7, 11) is 0. The number of ether oxygens (including phenoxy) is 1. The Hall–Kier alpha value is -1.42. The second-order valence-electron chi connectivity index (χ2n) is 3.16. The van der Waals surface area contributed by atoms with Gasteiger partial charge in [-0.2, -0.15) is 0 Å². The van der Waals surface area contributed by atoms with Crippen LogP contribution < -0.4 is 0 Å². The molecule has 17 heavy (non-hydrogen) atoms. The summed E-state index contributed by atoms with van der Waals surface area (Å²) in [4.78, 5) is 19.6. The maximum atomic E-state index is 9.81. The Bertz CT molecular complexity index is 268. The quantitative estimate of drug-likeness (QED) is 0.342. The zero-order valence-electron chi connectivity index (χ0n) is 10.1. The highest BCUT2D eigenvalue weighted by Gasteiger charge is 2.20. The number of hydrogen-bond donors (Lipinski definition) is 3. The van der Waals surface area contributed by atoms with Crippen LogP contribution in [-0.4, -0.2) is 45.6 Å². The lowest BCUT2D eigenvalue weighted by atomic mass is 10.1. The summed E-state index contributed by atoms with van der Waals surface area (Å²) in [6.07, 6.45) is 1.73. The van der Waals surface area contributed by atoms with E-state index in [1.807, 2.05) is 5.92 Å². The number of hydrogen-bond acceptors (Lipinski definition) is 6. The standard InChI is InChI=1S/C7H12O3.C4H6O3/c1-3-5(8)7(10)6(9)4-2;1-3(5)7-4(2)6/h1,5-10H,4H2,2H3;1-2H3/t5-,6+,7-;/m0./s1. The second-order valence-corrected chi connectivity index (χ2v) is 3.16. The van der Waals surface area contributed by atoms with Gasteiger partial charge in [-0.15, -0.1) is 6.42 Å². The Morgan fingerprint density at radius 1 is 1.24 bits per heavy atom. The highest BCUT2D eigenvalue weighted by Crippen LogP contribution is 2.02. The number of carbonyl (C=O) groups excluding carboxylic acids is 2. The summed E-state index contributed by atoms with van der Waals surface area (Å²) in [6.45, 7) is 4.06. The molecule has 0 bridgehead atoms. The van der Waals surface area contributed by atoms with Gasteiger partial charge in [0, 0.05) is 13.8 Å². The molecule has 0 amide bonds. The molecule has 0 aliphatic rings. The predicted molar refractivity (Wildman–Crippen MR) is 59.6 cm³/mol. The first-order valence-electron chi connectivity index (χ1n) is 4.95. The smallest absolute Gasteiger partial charge is 0.310 e. The first-order chi connectivity index (χ1) is 7.76. The van der Waals surface area contributed by atoms with E-state index in [1.54, 1.807) is 6.92 Å². The molecule has 0 spiro atoms. The number of esters is 2. The van der Waals surface area contributed by atoms with Gasteiger partial charge < -0.3 is 20.1 Å². The molecule has 98 valence electrons. The van der Waals surface area contributed by atoms with Crippen LogP contribution in [0.25, 0.3) is 0 Å². The van der Waals surface area contributed by atoms with E-state index in [1.165, 1.54) is 13.8 Å². The van der Waals surface area contributed by atoms with E-state index in [-0.39, 0.29) is 0 Å². The summed E-state index contributed by atoms with van der Waals surface area (Å²) >= 11 is 0. The lowest BCUT2D eigenvalue weighted by molar-refractivity contribution is -0.156. The minimum absolute atomic E-state index is 0.375. The van der Waals surface area contributed by atoms with Crippen LogP contribution in [0.2, 0.25) is 0 Å². The van der Waals surface area contributed by atoms with Gasteiger partial charge in [0.05, 0.1) is 6.10 Å². The third-order valence-corrected chi connectivity index (χ3v) is 1.59. The van der Waals surface area contributed by atoms with E-state index >= 15 is 0 Å². The van der Waals surface area contributed by atoms with Crippen molar-refractivity contribution in [2.45, 2.75) is 45.5 Å². The van der Waals surface area contributed by atoms with Crippen molar-refractivity contribution in [2.75, 3.05) is 0 Å². The van der Waals surface area contributed by atoms with Gasteiger partial charge in [0.2, 0.25) is 0 Å². The van der Waals surface area contributed by atoms with E-state index in [4.69, 9.17) is 21.7 Å². The van der Waals surface area contributed by atoms with Crippen molar-refractivity contribution in [1.82, 2.24) is 0 Å². The van der Waals surface area contributed by atoms with E-state index in [9.17, 15) is 9.59 Å². The van der Waals surface area contributed by atoms with Gasteiger partial charge in [-0.1, -0.05) is 12.8 Å². The fourth-order valence-corrected chi connectivity index (χ4v) is 0.753. The highest BCUT2D eigenvalue weighted by atomic mass is 16.6. The van der Waals surface area contributed by atoms with Crippen molar-refractivity contribution >= 4 is 11.9 Å². The van der Waals surface area contributed by atoms with E-state index in [0.29, 0.717) is 6.42 Å². The Labute approximate surface area is 100 Å². The molecular formula is C11H18O6. The largest absolute Gasteiger partial charge is 0.394 e. The van der Waals surface area contributed by atoms with Crippen LogP contribution in [0.3, 0.4) is 0 Å². The number of terminal acetylenes is 1. The topological polar surface area (TPSA) is 104 Å². The molecule has 0 aliphatic carbocycles. The maximum absolute atomic E-state index is 9.81. The second kappa shape index (κ2) is 9.78. The van der Waals surface area contributed by atoms with E-state index in [2.05, 4.69) is 4.74 Å².